The molecule has 0 radical (unpaired) electrons. The lowest BCUT2D eigenvalue weighted by Crippen LogP contribution is -2.07. The molecular weight excluding hydrogens is 509 g/mol. The van der Waals surface area contributed by atoms with E-state index in [-0.39, 0.29) is 0 Å². The molecule has 0 atom stereocenters. The lowest BCUT2D eigenvalue weighted by molar-refractivity contribution is 0.654. The topological polar surface area (TPSA) is 41.9 Å². The van der Waals surface area contributed by atoms with Crippen molar-refractivity contribution in [3.05, 3.63) is 59.6 Å². The zero-order valence-corrected chi connectivity index (χ0v) is 23.2. The molecule has 8 heteroatoms. The van der Waals surface area contributed by atoms with Crippen LogP contribution in [0.25, 0.3) is 51.9 Å². The van der Waals surface area contributed by atoms with Crippen LogP contribution in [0.5, 0.6) is 0 Å². The molecule has 0 N–H and O–H groups in total. The standard InChI is InChI=1S/C27H24N4S4/c1-15(2)11-18-9-10-20(32-18)19-14-28-26(27-25(19)29-35-30-27)24-13-23-22(34-24)12-21(33-23)16-5-7-17(8-6-16)31(3)4/h5-10,12-15H,11H2,1-4H3. The van der Waals surface area contributed by atoms with Gasteiger partial charge in [-0.3, -0.25) is 4.98 Å². The Balaban J connectivity index is 1.34. The molecule has 0 aliphatic rings. The first-order valence-electron chi connectivity index (χ1n) is 11.5. The molecule has 6 aromatic rings. The second kappa shape index (κ2) is 9.09. The number of hydrogen-bond acceptors (Lipinski definition) is 8. The molecule has 0 unspecified atom stereocenters. The highest BCUT2D eigenvalue weighted by molar-refractivity contribution is 7.31. The maximum Gasteiger partial charge on any atom is 0.132 e. The average Bonchev–Trinajstić information content (AvgIpc) is 3.61. The van der Waals surface area contributed by atoms with E-state index < -0.39 is 0 Å². The molecule has 0 bridgehead atoms. The van der Waals surface area contributed by atoms with Crippen molar-refractivity contribution in [2.45, 2.75) is 20.3 Å². The third-order valence-electron chi connectivity index (χ3n) is 5.94. The number of thiophene rings is 3. The number of pyridine rings is 1. The summed E-state index contributed by atoms with van der Waals surface area (Å²) >= 11 is 6.72. The lowest BCUT2D eigenvalue weighted by Gasteiger charge is -2.12. The number of rotatable bonds is 6. The zero-order chi connectivity index (χ0) is 24.1. The molecule has 176 valence electrons. The third kappa shape index (κ3) is 4.29. The third-order valence-corrected chi connectivity index (χ3v) is 9.95. The van der Waals surface area contributed by atoms with Gasteiger partial charge in [0.1, 0.15) is 16.7 Å². The molecule has 5 heterocycles. The molecule has 0 aliphatic carbocycles. The van der Waals surface area contributed by atoms with E-state index >= 15 is 0 Å². The number of nitrogens with zero attached hydrogens (tertiary/aromatic N) is 4. The highest BCUT2D eigenvalue weighted by atomic mass is 32.1. The predicted octanol–water partition coefficient (Wildman–Crippen LogP) is 8.69. The highest BCUT2D eigenvalue weighted by Gasteiger charge is 2.19. The van der Waals surface area contributed by atoms with Gasteiger partial charge in [0.2, 0.25) is 0 Å². The van der Waals surface area contributed by atoms with Crippen molar-refractivity contribution >= 4 is 71.9 Å². The fourth-order valence-corrected chi connectivity index (χ4v) is 8.38. The van der Waals surface area contributed by atoms with Gasteiger partial charge in [-0.2, -0.15) is 8.75 Å². The first kappa shape index (κ1) is 22.8. The highest BCUT2D eigenvalue weighted by Crippen LogP contribution is 2.44. The van der Waals surface area contributed by atoms with Crippen molar-refractivity contribution in [2.24, 2.45) is 5.92 Å². The summed E-state index contributed by atoms with van der Waals surface area (Å²) in [7, 11) is 4.13. The van der Waals surface area contributed by atoms with Gasteiger partial charge in [-0.05, 0) is 54.3 Å². The summed E-state index contributed by atoms with van der Waals surface area (Å²) in [6, 6.07) is 17.7. The molecule has 0 saturated carbocycles. The van der Waals surface area contributed by atoms with E-state index in [0.717, 1.165) is 33.6 Å². The van der Waals surface area contributed by atoms with Gasteiger partial charge in [0.05, 0.1) is 16.6 Å². The maximum absolute atomic E-state index is 4.90. The smallest absolute Gasteiger partial charge is 0.132 e. The van der Waals surface area contributed by atoms with Crippen LogP contribution in [0.1, 0.15) is 18.7 Å². The Morgan fingerprint density at radius 1 is 0.800 bits per heavy atom. The molecule has 6 rings (SSSR count). The normalized spacial score (nSPS) is 11.8. The summed E-state index contributed by atoms with van der Waals surface area (Å²) in [5.74, 6) is 0.647. The Hall–Kier alpha value is -2.65. The van der Waals surface area contributed by atoms with E-state index in [1.54, 1.807) is 11.3 Å². The first-order valence-corrected chi connectivity index (χ1v) is 14.7. The summed E-state index contributed by atoms with van der Waals surface area (Å²) in [6.07, 6.45) is 3.08. The lowest BCUT2D eigenvalue weighted by atomic mass is 10.1. The van der Waals surface area contributed by atoms with Gasteiger partial charge in [-0.15, -0.1) is 34.0 Å². The second-order valence-electron chi connectivity index (χ2n) is 9.24. The fraction of sp³-hybridized carbons (Fsp3) is 0.222. The molecule has 0 spiro atoms. The van der Waals surface area contributed by atoms with Crippen LogP contribution in [0.4, 0.5) is 5.69 Å². The molecule has 0 saturated heterocycles. The molecular formula is C27H24N4S4. The molecule has 5 aromatic heterocycles. The molecule has 4 nitrogen and oxygen atoms in total. The van der Waals surface area contributed by atoms with Gasteiger partial charge in [0.25, 0.3) is 0 Å². The Morgan fingerprint density at radius 2 is 1.51 bits per heavy atom. The van der Waals surface area contributed by atoms with E-state index in [0.29, 0.717) is 5.92 Å². The number of benzene rings is 1. The fourth-order valence-electron chi connectivity index (χ4n) is 4.19. The van der Waals surface area contributed by atoms with Crippen molar-refractivity contribution < 1.29 is 0 Å². The van der Waals surface area contributed by atoms with E-state index in [1.807, 2.05) is 28.9 Å². The minimum absolute atomic E-state index is 0.647. The van der Waals surface area contributed by atoms with Crippen LogP contribution < -0.4 is 4.90 Å². The van der Waals surface area contributed by atoms with Crippen molar-refractivity contribution in [2.75, 3.05) is 19.0 Å². The van der Waals surface area contributed by atoms with Crippen molar-refractivity contribution in [3.8, 4) is 31.5 Å². The van der Waals surface area contributed by atoms with Crippen LogP contribution in [0.15, 0.2) is 54.7 Å². The number of hydrogen-bond donors (Lipinski definition) is 0. The largest absolute Gasteiger partial charge is 0.378 e. The second-order valence-corrected chi connectivity index (χ2v) is 13.1. The average molecular weight is 533 g/mol. The Morgan fingerprint density at radius 3 is 2.26 bits per heavy atom. The number of anilines is 1. The van der Waals surface area contributed by atoms with Crippen molar-refractivity contribution in [1.82, 2.24) is 13.7 Å². The summed E-state index contributed by atoms with van der Waals surface area (Å²) < 4.78 is 11.9. The van der Waals surface area contributed by atoms with E-state index in [4.69, 9.17) is 4.98 Å². The predicted molar refractivity (Wildman–Crippen MR) is 156 cm³/mol. The van der Waals surface area contributed by atoms with Crippen LogP contribution in [0, 0.1) is 5.92 Å². The van der Waals surface area contributed by atoms with E-state index in [2.05, 4.69) is 90.1 Å². The van der Waals surface area contributed by atoms with Crippen LogP contribution in [0.3, 0.4) is 0 Å². The van der Waals surface area contributed by atoms with Crippen LogP contribution >= 0.6 is 45.7 Å². The molecule has 1 aromatic carbocycles. The van der Waals surface area contributed by atoms with Gasteiger partial charge in [-0.1, -0.05) is 26.0 Å². The summed E-state index contributed by atoms with van der Waals surface area (Å²) in [4.78, 5) is 12.1. The Kier molecular flexibility index (Phi) is 5.92. The van der Waals surface area contributed by atoms with Gasteiger partial charge in [0, 0.05) is 55.6 Å². The Bertz CT molecular complexity index is 1600. The number of aromatic nitrogens is 3. The molecule has 0 fully saturated rings. The first-order chi connectivity index (χ1) is 17.0. The van der Waals surface area contributed by atoms with Crippen LogP contribution in [-0.4, -0.2) is 27.8 Å². The van der Waals surface area contributed by atoms with Crippen LogP contribution in [-0.2, 0) is 6.42 Å². The van der Waals surface area contributed by atoms with Crippen molar-refractivity contribution in [1.29, 1.82) is 0 Å². The molecule has 35 heavy (non-hydrogen) atoms. The zero-order valence-electron chi connectivity index (χ0n) is 19.9. The van der Waals surface area contributed by atoms with E-state index in [9.17, 15) is 0 Å². The maximum atomic E-state index is 4.90. The SMILES string of the molecule is CC(C)Cc1ccc(-c2cnc(-c3cc4sc(-c5ccc(N(C)C)cc5)cc4s3)c3nsnc23)s1. The minimum Gasteiger partial charge on any atom is -0.378 e. The molecule has 0 amide bonds. The number of fused-ring (bicyclic) bond motifs is 2. The van der Waals surface area contributed by atoms with Gasteiger partial charge in [0.15, 0.2) is 0 Å². The Labute approximate surface area is 220 Å². The molecule has 0 aliphatic heterocycles. The van der Waals surface area contributed by atoms with E-state index in [1.165, 1.54) is 47.0 Å². The van der Waals surface area contributed by atoms with Crippen molar-refractivity contribution in [3.63, 3.8) is 0 Å². The summed E-state index contributed by atoms with van der Waals surface area (Å²) in [5, 5.41) is 0. The van der Waals surface area contributed by atoms with Gasteiger partial charge >= 0.3 is 0 Å². The summed E-state index contributed by atoms with van der Waals surface area (Å²) in [5.41, 5.74) is 6.34. The van der Waals surface area contributed by atoms with Crippen LogP contribution in [0.2, 0.25) is 0 Å². The van der Waals surface area contributed by atoms with Gasteiger partial charge < -0.3 is 4.90 Å². The quantitative estimate of drug-likeness (QED) is 0.215. The minimum atomic E-state index is 0.647. The van der Waals surface area contributed by atoms with Gasteiger partial charge in [-0.25, -0.2) is 0 Å². The monoisotopic (exact) mass is 532 g/mol. The summed E-state index contributed by atoms with van der Waals surface area (Å²) in [6.45, 7) is 4.52.